The van der Waals surface area contributed by atoms with Crippen LogP contribution >= 0.6 is 11.6 Å². The van der Waals surface area contributed by atoms with Gasteiger partial charge in [0.25, 0.3) is 5.24 Å². The molecule has 1 aliphatic rings. The third-order valence-corrected chi connectivity index (χ3v) is 5.22. The summed E-state index contributed by atoms with van der Waals surface area (Å²) in [6, 6.07) is 5.18. The van der Waals surface area contributed by atoms with Crippen LogP contribution in [0.4, 0.5) is 23.3 Å². The summed E-state index contributed by atoms with van der Waals surface area (Å²) in [4.78, 5) is 33.6. The van der Waals surface area contributed by atoms with E-state index in [0.29, 0.717) is 39.9 Å². The van der Waals surface area contributed by atoms with Crippen molar-refractivity contribution in [3.05, 3.63) is 35.7 Å². The maximum atomic E-state index is 11.5. The number of aryl methyl sites for hydroxylation is 1. The summed E-state index contributed by atoms with van der Waals surface area (Å²) < 4.78 is 0. The Kier molecular flexibility index (Phi) is 5.16. The van der Waals surface area contributed by atoms with Gasteiger partial charge in [-0.15, -0.1) is 0 Å². The number of nitrogens with one attached hydrogen (secondary N) is 1. The molecule has 1 aromatic carbocycles. The Hall–Kier alpha value is -3.04. The number of benzene rings is 1. The van der Waals surface area contributed by atoms with E-state index in [4.69, 9.17) is 22.3 Å². The van der Waals surface area contributed by atoms with Gasteiger partial charge < -0.3 is 20.9 Å². The summed E-state index contributed by atoms with van der Waals surface area (Å²) in [6.07, 6.45) is 1.41. The summed E-state index contributed by atoms with van der Waals surface area (Å²) >= 11 is 5.62. The molecule has 4 rings (SSSR count). The smallest absolute Gasteiger partial charge is 0.252 e. The Labute approximate surface area is 172 Å². The van der Waals surface area contributed by atoms with Gasteiger partial charge in [-0.25, -0.2) is 15.0 Å². The number of anilines is 4. The first-order valence-electron chi connectivity index (χ1n) is 9.21. The number of aromatic nitrogens is 4. The average molecular weight is 413 g/mol. The molecule has 2 aromatic heterocycles. The van der Waals surface area contributed by atoms with Gasteiger partial charge in [0.15, 0.2) is 11.6 Å². The molecule has 1 fully saturated rings. The van der Waals surface area contributed by atoms with Crippen LogP contribution in [-0.2, 0) is 0 Å². The second-order valence-electron chi connectivity index (χ2n) is 7.05. The van der Waals surface area contributed by atoms with E-state index < -0.39 is 5.24 Å². The number of hydrogen-bond acceptors (Lipinski definition) is 9. The number of piperazine rings is 1. The van der Waals surface area contributed by atoms with Gasteiger partial charge in [0.05, 0.1) is 0 Å². The summed E-state index contributed by atoms with van der Waals surface area (Å²) in [7, 11) is 2.09. The molecule has 1 aliphatic heterocycles. The molecular weight excluding hydrogens is 392 g/mol. The highest BCUT2D eigenvalue weighted by atomic mass is 35.5. The number of hydrogen-bond donors (Lipinski definition) is 2. The van der Waals surface area contributed by atoms with E-state index in [9.17, 15) is 4.79 Å². The van der Waals surface area contributed by atoms with E-state index in [1.807, 2.05) is 13.0 Å². The minimum Gasteiger partial charge on any atom is -0.382 e. The van der Waals surface area contributed by atoms with Gasteiger partial charge in [0.1, 0.15) is 17.4 Å². The van der Waals surface area contributed by atoms with Crippen LogP contribution in [0.3, 0.4) is 0 Å². The topological polar surface area (TPSA) is 113 Å². The van der Waals surface area contributed by atoms with Crippen molar-refractivity contribution in [2.24, 2.45) is 0 Å². The molecule has 0 saturated carbocycles. The Balaban J connectivity index is 1.75. The van der Waals surface area contributed by atoms with Crippen LogP contribution in [0, 0.1) is 6.92 Å². The SMILES string of the molecule is Cc1ccc(C(=O)Cl)cc1Nc1ncnc2c(N)nc(N3CCN(C)CC3)nc12. The first-order valence-corrected chi connectivity index (χ1v) is 9.59. The fraction of sp³-hybridized carbons (Fsp3) is 0.316. The molecule has 0 unspecified atom stereocenters. The lowest BCUT2D eigenvalue weighted by molar-refractivity contribution is 0.108. The van der Waals surface area contributed by atoms with E-state index in [1.165, 1.54) is 6.33 Å². The van der Waals surface area contributed by atoms with Crippen molar-refractivity contribution in [2.75, 3.05) is 49.2 Å². The lowest BCUT2D eigenvalue weighted by Gasteiger charge is -2.32. The van der Waals surface area contributed by atoms with Crippen molar-refractivity contribution in [3.63, 3.8) is 0 Å². The molecule has 0 bridgehead atoms. The zero-order chi connectivity index (χ0) is 20.5. The summed E-state index contributed by atoms with van der Waals surface area (Å²) in [5.41, 5.74) is 9.21. The largest absolute Gasteiger partial charge is 0.382 e. The second kappa shape index (κ2) is 7.76. The predicted octanol–water partition coefficient (Wildman–Crippen LogP) is 2.18. The van der Waals surface area contributed by atoms with Crippen molar-refractivity contribution in [1.82, 2.24) is 24.8 Å². The van der Waals surface area contributed by atoms with Crippen molar-refractivity contribution in [1.29, 1.82) is 0 Å². The third-order valence-electron chi connectivity index (χ3n) is 5.00. The normalized spacial score (nSPS) is 14.9. The Bertz CT molecular complexity index is 1080. The fourth-order valence-corrected chi connectivity index (χ4v) is 3.32. The monoisotopic (exact) mass is 412 g/mol. The number of likely N-dealkylation sites (N-methyl/N-ethyl adjacent to an activating group) is 1. The number of nitrogens with two attached hydrogens (primary N) is 1. The standard InChI is InChI=1S/C19H21ClN8O/c1-11-3-4-12(16(20)29)9-13(11)24-18-15-14(22-10-23-18)17(21)26-19(25-15)28-7-5-27(2)6-8-28/h3-4,9-10H,5-8H2,1-2H3,(H2,21,25,26)(H,22,23,24). The Morgan fingerprint density at radius 2 is 1.90 bits per heavy atom. The molecule has 29 heavy (non-hydrogen) atoms. The minimum absolute atomic E-state index is 0.302. The first-order chi connectivity index (χ1) is 13.9. The van der Waals surface area contributed by atoms with Crippen LogP contribution in [0.25, 0.3) is 11.0 Å². The molecule has 3 aromatic rings. The third kappa shape index (κ3) is 3.92. The average Bonchev–Trinajstić information content (AvgIpc) is 2.70. The molecule has 3 heterocycles. The van der Waals surface area contributed by atoms with Crippen molar-refractivity contribution >= 4 is 51.1 Å². The minimum atomic E-state index is -0.524. The van der Waals surface area contributed by atoms with Crippen molar-refractivity contribution in [2.45, 2.75) is 6.92 Å². The quantitative estimate of drug-likeness (QED) is 0.622. The molecule has 9 nitrogen and oxygen atoms in total. The molecule has 0 aliphatic carbocycles. The summed E-state index contributed by atoms with van der Waals surface area (Å²) in [5.74, 6) is 1.35. The summed E-state index contributed by atoms with van der Waals surface area (Å²) in [5, 5.41) is 2.72. The van der Waals surface area contributed by atoms with Gasteiger partial charge in [-0.1, -0.05) is 6.07 Å². The zero-order valence-electron chi connectivity index (χ0n) is 16.2. The molecule has 0 amide bonds. The van der Waals surface area contributed by atoms with Crippen molar-refractivity contribution < 1.29 is 4.79 Å². The molecule has 0 atom stereocenters. The number of rotatable bonds is 4. The Morgan fingerprint density at radius 3 is 2.62 bits per heavy atom. The van der Waals surface area contributed by atoms with Gasteiger partial charge in [0, 0.05) is 37.4 Å². The summed E-state index contributed by atoms with van der Waals surface area (Å²) in [6.45, 7) is 5.41. The van der Waals surface area contributed by atoms with Gasteiger partial charge in [-0.2, -0.15) is 4.98 Å². The van der Waals surface area contributed by atoms with Crippen LogP contribution in [0.2, 0.25) is 0 Å². The highest BCUT2D eigenvalue weighted by molar-refractivity contribution is 6.67. The number of fused-ring (bicyclic) bond motifs is 1. The highest BCUT2D eigenvalue weighted by Gasteiger charge is 2.20. The molecule has 1 saturated heterocycles. The molecular formula is C19H21ClN8O. The number of halogens is 1. The fourth-order valence-electron chi connectivity index (χ4n) is 3.20. The predicted molar refractivity (Wildman–Crippen MR) is 114 cm³/mol. The van der Waals surface area contributed by atoms with Crippen molar-refractivity contribution in [3.8, 4) is 0 Å². The molecule has 3 N–H and O–H groups in total. The highest BCUT2D eigenvalue weighted by Crippen LogP contribution is 2.28. The van der Waals surface area contributed by atoms with Gasteiger partial charge in [-0.3, -0.25) is 4.79 Å². The molecule has 0 radical (unpaired) electrons. The molecule has 150 valence electrons. The lowest BCUT2D eigenvalue weighted by Crippen LogP contribution is -2.45. The molecule has 10 heteroatoms. The zero-order valence-corrected chi connectivity index (χ0v) is 16.9. The molecule has 0 spiro atoms. The van der Waals surface area contributed by atoms with E-state index >= 15 is 0 Å². The maximum absolute atomic E-state index is 11.5. The number of carbonyl (C=O) groups is 1. The Morgan fingerprint density at radius 1 is 1.14 bits per heavy atom. The number of nitrogen functional groups attached to an aromatic ring is 1. The van der Waals surface area contributed by atoms with Crippen LogP contribution < -0.4 is 16.0 Å². The van der Waals surface area contributed by atoms with Gasteiger partial charge >= 0.3 is 0 Å². The van der Waals surface area contributed by atoms with Crippen LogP contribution in [0.5, 0.6) is 0 Å². The number of carbonyl (C=O) groups excluding carboxylic acids is 1. The van der Waals surface area contributed by atoms with Gasteiger partial charge in [0.2, 0.25) is 5.95 Å². The van der Waals surface area contributed by atoms with E-state index in [-0.39, 0.29) is 0 Å². The maximum Gasteiger partial charge on any atom is 0.252 e. The van der Waals surface area contributed by atoms with Crippen LogP contribution in [0.1, 0.15) is 15.9 Å². The lowest BCUT2D eigenvalue weighted by atomic mass is 10.1. The van der Waals surface area contributed by atoms with E-state index in [1.54, 1.807) is 12.1 Å². The first kappa shape index (κ1) is 19.3. The van der Waals surface area contributed by atoms with E-state index in [0.717, 1.165) is 31.7 Å². The van der Waals surface area contributed by atoms with Crippen LogP contribution in [-0.4, -0.2) is 63.3 Å². The van der Waals surface area contributed by atoms with Crippen LogP contribution in [0.15, 0.2) is 24.5 Å². The second-order valence-corrected chi connectivity index (χ2v) is 7.39. The van der Waals surface area contributed by atoms with Gasteiger partial charge in [-0.05, 0) is 43.3 Å². The van der Waals surface area contributed by atoms with E-state index in [2.05, 4.69) is 37.1 Å². The number of nitrogens with zero attached hydrogens (tertiary/aromatic N) is 6.